The number of Topliss-reactive ketones (excluding diaryl/α,β-unsaturated/α-hetero) is 1. The van der Waals surface area contributed by atoms with Gasteiger partial charge in [0.25, 0.3) is 17.6 Å². The Labute approximate surface area is 247 Å². The smallest absolute Gasteiger partial charge is 0.348 e. The molecule has 3 aromatic carbocycles. The average Bonchev–Trinajstić information content (AvgIpc) is 3.23. The number of fused-ring (bicyclic) bond motifs is 1. The molecule has 0 saturated carbocycles. The molecule has 212 valence electrons. The molecule has 0 aliphatic carbocycles. The molecule has 0 aromatic heterocycles. The lowest BCUT2D eigenvalue weighted by atomic mass is 9.79. The van der Waals surface area contributed by atoms with Gasteiger partial charge in [0.2, 0.25) is 0 Å². The molecule has 0 spiro atoms. The summed E-state index contributed by atoms with van der Waals surface area (Å²) in [4.78, 5) is 69.0. The van der Waals surface area contributed by atoms with Crippen LogP contribution in [0.25, 0.3) is 0 Å². The van der Waals surface area contributed by atoms with Crippen molar-refractivity contribution in [3.63, 3.8) is 0 Å². The summed E-state index contributed by atoms with van der Waals surface area (Å²) in [5, 5.41) is 0.351. The minimum absolute atomic E-state index is 0.0829. The van der Waals surface area contributed by atoms with Gasteiger partial charge in [0, 0.05) is 22.7 Å². The lowest BCUT2D eigenvalue weighted by Crippen LogP contribution is -2.58. The summed E-state index contributed by atoms with van der Waals surface area (Å²) >= 11 is 6.08. The van der Waals surface area contributed by atoms with Crippen molar-refractivity contribution in [2.45, 2.75) is 25.0 Å². The zero-order chi connectivity index (χ0) is 30.1. The number of hydrogen-bond acceptors (Lipinski definition) is 7. The Morgan fingerprint density at radius 1 is 0.810 bits per heavy atom. The molecule has 0 unspecified atom stereocenters. The van der Waals surface area contributed by atoms with Crippen LogP contribution >= 0.6 is 11.6 Å². The molecule has 0 atom stereocenters. The highest BCUT2D eigenvalue weighted by Crippen LogP contribution is 2.45. The van der Waals surface area contributed by atoms with Crippen molar-refractivity contribution in [1.29, 1.82) is 0 Å². The Kier molecular flexibility index (Phi) is 7.67. The number of ether oxygens (including phenoxy) is 2. The maximum absolute atomic E-state index is 14.2. The molecule has 5 rings (SSSR count). The number of allylic oxidation sites excluding steroid dienone is 2. The van der Waals surface area contributed by atoms with Crippen LogP contribution in [0.2, 0.25) is 5.02 Å². The summed E-state index contributed by atoms with van der Waals surface area (Å²) < 4.78 is 11.8. The second-order valence-corrected chi connectivity index (χ2v) is 10.5. The number of imide groups is 1. The van der Waals surface area contributed by atoms with Crippen LogP contribution in [0.5, 0.6) is 0 Å². The summed E-state index contributed by atoms with van der Waals surface area (Å²) in [6.07, 6.45) is 2.78. The predicted molar refractivity (Wildman–Crippen MR) is 154 cm³/mol. The topological polar surface area (TPSA) is 107 Å². The first-order chi connectivity index (χ1) is 20.2. The zero-order valence-electron chi connectivity index (χ0n) is 22.5. The summed E-state index contributed by atoms with van der Waals surface area (Å²) in [6.45, 7) is 7.14. The van der Waals surface area contributed by atoms with Crippen LogP contribution in [-0.4, -0.2) is 41.0 Å². The Bertz CT molecular complexity index is 1590. The number of ketones is 1. The maximum atomic E-state index is 14.2. The number of hydrogen-bond donors (Lipinski definition) is 0. The van der Waals surface area contributed by atoms with E-state index in [2.05, 4.69) is 13.2 Å². The molecule has 8 nitrogen and oxygen atoms in total. The van der Waals surface area contributed by atoms with Gasteiger partial charge >= 0.3 is 17.7 Å². The van der Waals surface area contributed by atoms with E-state index in [-0.39, 0.29) is 41.6 Å². The molecule has 2 aliphatic rings. The van der Waals surface area contributed by atoms with Gasteiger partial charge in [-0.2, -0.15) is 0 Å². The number of esters is 2. The van der Waals surface area contributed by atoms with Crippen LogP contribution in [0.1, 0.15) is 55.0 Å². The highest BCUT2D eigenvalue weighted by atomic mass is 35.5. The monoisotopic (exact) mass is 583 g/mol. The third-order valence-electron chi connectivity index (χ3n) is 7.54. The second kappa shape index (κ2) is 11.2. The van der Waals surface area contributed by atoms with Crippen molar-refractivity contribution in [3.05, 3.63) is 131 Å². The van der Waals surface area contributed by atoms with Gasteiger partial charge in [-0.3, -0.25) is 28.9 Å². The number of nitrogens with zero attached hydrogens (tertiary/aromatic N) is 1. The highest BCUT2D eigenvalue weighted by Gasteiger charge is 2.62. The van der Waals surface area contributed by atoms with Gasteiger partial charge in [-0.15, -0.1) is 13.2 Å². The fourth-order valence-corrected chi connectivity index (χ4v) is 5.41. The van der Waals surface area contributed by atoms with Gasteiger partial charge in [0.15, 0.2) is 5.41 Å². The van der Waals surface area contributed by atoms with E-state index in [0.29, 0.717) is 17.0 Å². The van der Waals surface area contributed by atoms with E-state index in [1.807, 2.05) is 0 Å². The molecule has 2 heterocycles. The largest absolute Gasteiger partial charge is 0.410 e. The van der Waals surface area contributed by atoms with Crippen LogP contribution in [0.4, 0.5) is 0 Å². The molecule has 2 amide bonds. The van der Waals surface area contributed by atoms with Crippen molar-refractivity contribution in [1.82, 2.24) is 4.90 Å². The molecule has 3 aromatic rings. The molecule has 0 N–H and O–H groups in total. The summed E-state index contributed by atoms with van der Waals surface area (Å²) in [7, 11) is 0. The van der Waals surface area contributed by atoms with Gasteiger partial charge in [-0.05, 0) is 61.2 Å². The van der Waals surface area contributed by atoms with E-state index in [1.54, 1.807) is 42.5 Å². The molecular formula is C33H26ClNO7. The first-order valence-electron chi connectivity index (χ1n) is 13.2. The van der Waals surface area contributed by atoms with Crippen LogP contribution in [0, 0.1) is 5.41 Å². The molecule has 0 bridgehead atoms. The Morgan fingerprint density at radius 3 is 1.95 bits per heavy atom. The summed E-state index contributed by atoms with van der Waals surface area (Å²) in [5.74, 6) is -6.37. The van der Waals surface area contributed by atoms with Crippen molar-refractivity contribution in [2.75, 3.05) is 6.54 Å². The van der Waals surface area contributed by atoms with Crippen LogP contribution < -0.4 is 0 Å². The van der Waals surface area contributed by atoms with Gasteiger partial charge in [-0.1, -0.05) is 60.2 Å². The van der Waals surface area contributed by atoms with Crippen LogP contribution in [0.15, 0.2) is 98.1 Å². The quantitative estimate of drug-likeness (QED) is 0.103. The Hall–Kier alpha value is -4.82. The van der Waals surface area contributed by atoms with E-state index in [1.165, 1.54) is 42.5 Å². The van der Waals surface area contributed by atoms with E-state index < -0.39 is 40.7 Å². The number of cyclic esters (lactones) is 2. The third kappa shape index (κ3) is 4.63. The summed E-state index contributed by atoms with van der Waals surface area (Å²) in [5.41, 5.74) is -0.644. The van der Waals surface area contributed by atoms with Crippen LogP contribution in [0.3, 0.4) is 0 Å². The second-order valence-electron chi connectivity index (χ2n) is 10.0. The SMILES string of the molecule is C=CCc1ccccc1C(=O)C1(c2ccc(Cl)cc2)OC(=O)C(CC=C)(CCN2C(=O)c3ccccc3C2=O)C(=O)O1. The fourth-order valence-electron chi connectivity index (χ4n) is 5.29. The average molecular weight is 584 g/mol. The number of carbonyl (C=O) groups is 5. The molecule has 42 heavy (non-hydrogen) atoms. The van der Waals surface area contributed by atoms with Gasteiger partial charge < -0.3 is 9.47 Å². The maximum Gasteiger partial charge on any atom is 0.348 e. The van der Waals surface area contributed by atoms with E-state index in [9.17, 15) is 24.0 Å². The number of carbonyl (C=O) groups excluding carboxylic acids is 5. The first-order valence-corrected chi connectivity index (χ1v) is 13.6. The molecule has 1 saturated heterocycles. The van der Waals surface area contributed by atoms with E-state index in [0.717, 1.165) is 4.90 Å². The van der Waals surface area contributed by atoms with E-state index >= 15 is 0 Å². The lowest BCUT2D eigenvalue weighted by molar-refractivity contribution is -0.250. The summed E-state index contributed by atoms with van der Waals surface area (Å²) in [6, 6.07) is 18.9. The molecule has 9 heteroatoms. The van der Waals surface area contributed by atoms with Crippen molar-refractivity contribution in [3.8, 4) is 0 Å². The third-order valence-corrected chi connectivity index (χ3v) is 7.79. The van der Waals surface area contributed by atoms with Gasteiger partial charge in [0.05, 0.1) is 11.1 Å². The Balaban J connectivity index is 1.52. The molecular weight excluding hydrogens is 558 g/mol. The number of amides is 2. The van der Waals surface area contributed by atoms with Crippen molar-refractivity contribution >= 4 is 41.1 Å². The van der Waals surface area contributed by atoms with Gasteiger partial charge in [-0.25, -0.2) is 0 Å². The van der Waals surface area contributed by atoms with E-state index in [4.69, 9.17) is 21.1 Å². The highest BCUT2D eigenvalue weighted by molar-refractivity contribution is 6.30. The molecule has 0 radical (unpaired) electrons. The minimum atomic E-state index is -2.45. The standard InChI is InChI=1S/C33H26ClNO7/c1-3-9-21-10-5-6-11-24(21)27(36)33(22-14-16-23(34)17-15-22)41-30(39)32(18-4-2,31(40)42-33)19-20-35-28(37)25-12-7-8-13-26(25)29(35)38/h3-8,10-17H,1-2,9,18-20H2. The van der Waals surface area contributed by atoms with Crippen LogP contribution in [-0.2, 0) is 31.3 Å². The number of benzene rings is 3. The van der Waals surface area contributed by atoms with Crippen molar-refractivity contribution < 1.29 is 33.4 Å². The first kappa shape index (κ1) is 28.7. The number of halogens is 1. The van der Waals surface area contributed by atoms with Gasteiger partial charge in [0.1, 0.15) is 0 Å². The normalized spacial score (nSPS) is 21.4. The minimum Gasteiger partial charge on any atom is -0.410 e. The van der Waals surface area contributed by atoms with Crippen molar-refractivity contribution in [2.24, 2.45) is 5.41 Å². The lowest BCUT2D eigenvalue weighted by Gasteiger charge is -2.42. The Morgan fingerprint density at radius 2 is 1.38 bits per heavy atom. The molecule has 2 aliphatic heterocycles. The molecule has 1 fully saturated rings. The zero-order valence-corrected chi connectivity index (χ0v) is 23.3. The predicted octanol–water partition coefficient (Wildman–Crippen LogP) is 5.45. The fraction of sp³-hybridized carbons (Fsp3) is 0.182. The number of rotatable bonds is 10.